The van der Waals surface area contributed by atoms with Gasteiger partial charge in [0, 0.05) is 39.0 Å². The highest BCUT2D eigenvalue weighted by atomic mass is 32.2. The van der Waals surface area contributed by atoms with E-state index in [-0.39, 0.29) is 5.54 Å². The zero-order valence-electron chi connectivity index (χ0n) is 15.1. The van der Waals surface area contributed by atoms with Gasteiger partial charge in [-0.1, -0.05) is 36.3 Å². The van der Waals surface area contributed by atoms with Gasteiger partial charge in [0.15, 0.2) is 5.82 Å². The van der Waals surface area contributed by atoms with Crippen LogP contribution < -0.4 is 0 Å². The number of hydrogen-bond acceptors (Lipinski definition) is 6. The van der Waals surface area contributed by atoms with E-state index < -0.39 is 0 Å². The van der Waals surface area contributed by atoms with Gasteiger partial charge in [0.25, 0.3) is 0 Å². The molecule has 0 spiro atoms. The van der Waals surface area contributed by atoms with Crippen molar-refractivity contribution in [2.75, 3.05) is 39.0 Å². The minimum atomic E-state index is -0.173. The van der Waals surface area contributed by atoms with Crippen molar-refractivity contribution < 1.29 is 4.52 Å². The van der Waals surface area contributed by atoms with Gasteiger partial charge in [0.2, 0.25) is 5.89 Å². The molecule has 0 bridgehead atoms. The number of aromatic nitrogens is 2. The molecule has 1 aliphatic carbocycles. The van der Waals surface area contributed by atoms with Crippen LogP contribution in [0.5, 0.6) is 0 Å². The molecule has 1 saturated heterocycles. The maximum absolute atomic E-state index is 5.81. The molecule has 0 N–H and O–H groups in total. The first-order valence-electron chi connectivity index (χ1n) is 9.11. The van der Waals surface area contributed by atoms with E-state index in [1.807, 2.05) is 0 Å². The molecule has 2 aromatic rings. The third-order valence-electron chi connectivity index (χ3n) is 5.65. The molecule has 25 heavy (non-hydrogen) atoms. The Morgan fingerprint density at radius 1 is 1.12 bits per heavy atom. The highest BCUT2D eigenvalue weighted by Gasteiger charge is 2.48. The number of nitrogens with zero attached hydrogens (tertiary/aromatic N) is 4. The first-order chi connectivity index (χ1) is 12.2. The number of rotatable bonds is 5. The van der Waals surface area contributed by atoms with Crippen molar-refractivity contribution in [3.05, 3.63) is 47.1 Å². The van der Waals surface area contributed by atoms with Crippen molar-refractivity contribution in [2.24, 2.45) is 0 Å². The Labute approximate surface area is 153 Å². The van der Waals surface area contributed by atoms with Crippen molar-refractivity contribution in [3.63, 3.8) is 0 Å². The lowest BCUT2D eigenvalue weighted by Crippen LogP contribution is -2.56. The minimum Gasteiger partial charge on any atom is -0.337 e. The monoisotopic (exact) mass is 358 g/mol. The summed E-state index contributed by atoms with van der Waals surface area (Å²) >= 11 is 1.73. The predicted octanol–water partition coefficient (Wildman–Crippen LogP) is 2.56. The molecule has 0 saturated carbocycles. The van der Waals surface area contributed by atoms with Gasteiger partial charge in [-0.2, -0.15) is 16.7 Å². The normalized spacial score (nSPS) is 20.7. The topological polar surface area (TPSA) is 45.4 Å². The zero-order valence-corrected chi connectivity index (χ0v) is 15.9. The van der Waals surface area contributed by atoms with Crippen LogP contribution in [0.1, 0.15) is 29.8 Å². The van der Waals surface area contributed by atoms with Gasteiger partial charge in [-0.25, -0.2) is 0 Å². The molecule has 1 aromatic carbocycles. The van der Waals surface area contributed by atoms with Gasteiger partial charge in [-0.3, -0.25) is 4.90 Å². The molecule has 0 radical (unpaired) electrons. The summed E-state index contributed by atoms with van der Waals surface area (Å²) in [5.41, 5.74) is 2.67. The number of piperazine rings is 1. The van der Waals surface area contributed by atoms with Crippen molar-refractivity contribution in [1.29, 1.82) is 0 Å². The van der Waals surface area contributed by atoms with Gasteiger partial charge in [-0.05, 0) is 23.9 Å². The molecule has 2 aliphatic rings. The first kappa shape index (κ1) is 17.1. The summed E-state index contributed by atoms with van der Waals surface area (Å²) in [6.07, 6.45) is 4.01. The summed E-state index contributed by atoms with van der Waals surface area (Å²) in [4.78, 5) is 9.90. The van der Waals surface area contributed by atoms with Gasteiger partial charge >= 0.3 is 0 Å². The smallest absolute Gasteiger partial charge is 0.247 e. The summed E-state index contributed by atoms with van der Waals surface area (Å²) in [5.74, 6) is 2.42. The Hall–Kier alpha value is -1.37. The quantitative estimate of drug-likeness (QED) is 0.819. The first-order valence-corrected chi connectivity index (χ1v) is 10.5. The van der Waals surface area contributed by atoms with Gasteiger partial charge in [-0.15, -0.1) is 0 Å². The van der Waals surface area contributed by atoms with Crippen molar-refractivity contribution in [1.82, 2.24) is 19.9 Å². The maximum atomic E-state index is 5.81. The Morgan fingerprint density at radius 3 is 2.40 bits per heavy atom. The van der Waals surface area contributed by atoms with Gasteiger partial charge < -0.3 is 9.42 Å². The number of thioether (sulfide) groups is 1. The van der Waals surface area contributed by atoms with Crippen LogP contribution in [-0.4, -0.2) is 58.9 Å². The molecule has 6 heteroatoms. The number of fused-ring (bicyclic) bond motifs is 1. The average Bonchev–Trinajstić information content (AvgIpc) is 3.27. The van der Waals surface area contributed by atoms with E-state index in [1.165, 1.54) is 11.1 Å². The van der Waals surface area contributed by atoms with Crippen molar-refractivity contribution in [2.45, 2.75) is 31.1 Å². The summed E-state index contributed by atoms with van der Waals surface area (Å²) in [7, 11) is 0. The van der Waals surface area contributed by atoms with Gasteiger partial charge in [0.1, 0.15) is 5.54 Å². The maximum Gasteiger partial charge on any atom is 0.247 e. The molecule has 1 aliphatic heterocycles. The molecule has 1 aromatic heterocycles. The standard InChI is InChI=1S/C19H26N4OS/c1-3-22-8-10-23(11-9-22)19(18-20-17(14-25-2)21-24-18)12-15-6-4-5-7-16(15)13-19/h4-7H,3,8-14H2,1-2H3. The van der Waals surface area contributed by atoms with Crippen LogP contribution in [0.4, 0.5) is 0 Å². The van der Waals surface area contributed by atoms with Crippen molar-refractivity contribution >= 4 is 11.8 Å². The summed E-state index contributed by atoms with van der Waals surface area (Å²) < 4.78 is 5.81. The molecule has 0 atom stereocenters. The van der Waals surface area contributed by atoms with Crippen LogP contribution in [0.15, 0.2) is 28.8 Å². The highest BCUT2D eigenvalue weighted by Crippen LogP contribution is 2.42. The Bertz CT molecular complexity index is 699. The number of benzene rings is 1. The molecule has 4 rings (SSSR count). The summed E-state index contributed by atoms with van der Waals surface area (Å²) in [6, 6.07) is 8.77. The van der Waals surface area contributed by atoms with Crippen molar-refractivity contribution in [3.8, 4) is 0 Å². The lowest BCUT2D eigenvalue weighted by atomic mass is 9.92. The summed E-state index contributed by atoms with van der Waals surface area (Å²) in [5, 5.41) is 4.24. The number of hydrogen-bond donors (Lipinski definition) is 0. The van der Waals surface area contributed by atoms with E-state index in [2.05, 4.69) is 52.4 Å². The molecule has 0 amide bonds. The molecule has 5 nitrogen and oxygen atoms in total. The Morgan fingerprint density at radius 2 is 1.80 bits per heavy atom. The molecule has 2 heterocycles. The third-order valence-corrected chi connectivity index (χ3v) is 6.20. The third kappa shape index (κ3) is 3.11. The summed E-state index contributed by atoms with van der Waals surface area (Å²) in [6.45, 7) is 7.70. The van der Waals surface area contributed by atoms with Crippen LogP contribution in [-0.2, 0) is 24.1 Å². The fourth-order valence-corrected chi connectivity index (χ4v) is 4.60. The fraction of sp³-hybridized carbons (Fsp3) is 0.579. The van der Waals surface area contributed by atoms with E-state index in [0.717, 1.165) is 63.0 Å². The molecular weight excluding hydrogens is 332 g/mol. The van der Waals surface area contributed by atoms with E-state index in [0.29, 0.717) is 0 Å². The van der Waals surface area contributed by atoms with E-state index in [9.17, 15) is 0 Å². The molecular formula is C19H26N4OS. The minimum absolute atomic E-state index is 0.173. The van der Waals surface area contributed by atoms with E-state index in [4.69, 9.17) is 9.51 Å². The van der Waals surface area contributed by atoms with Crippen LogP contribution in [0.2, 0.25) is 0 Å². The van der Waals surface area contributed by atoms with Crippen LogP contribution >= 0.6 is 11.8 Å². The van der Waals surface area contributed by atoms with Crippen LogP contribution in [0.3, 0.4) is 0 Å². The van der Waals surface area contributed by atoms with Crippen LogP contribution in [0, 0.1) is 0 Å². The lowest BCUT2D eigenvalue weighted by Gasteiger charge is -2.43. The second kappa shape index (κ2) is 7.09. The van der Waals surface area contributed by atoms with E-state index in [1.54, 1.807) is 11.8 Å². The second-order valence-corrected chi connectivity index (χ2v) is 7.89. The highest BCUT2D eigenvalue weighted by molar-refractivity contribution is 7.97. The van der Waals surface area contributed by atoms with E-state index >= 15 is 0 Å². The zero-order chi connectivity index (χ0) is 17.3. The lowest BCUT2D eigenvalue weighted by molar-refractivity contribution is 0.0156. The predicted molar refractivity (Wildman–Crippen MR) is 101 cm³/mol. The largest absolute Gasteiger partial charge is 0.337 e. The SMILES string of the molecule is CCN1CCN(C2(c3nc(CSC)no3)Cc3ccccc3C2)CC1. The Balaban J connectivity index is 1.67. The Kier molecular flexibility index (Phi) is 4.84. The molecule has 1 fully saturated rings. The van der Waals surface area contributed by atoms with Crippen LogP contribution in [0.25, 0.3) is 0 Å². The number of likely N-dealkylation sites (N-methyl/N-ethyl adjacent to an activating group) is 1. The average molecular weight is 359 g/mol. The fourth-order valence-electron chi connectivity index (χ4n) is 4.23. The van der Waals surface area contributed by atoms with Gasteiger partial charge in [0.05, 0.1) is 5.75 Å². The second-order valence-electron chi connectivity index (χ2n) is 7.02. The molecule has 134 valence electrons. The molecule has 0 unspecified atom stereocenters.